The molecule has 0 aromatic rings. The van der Waals surface area contributed by atoms with Gasteiger partial charge in [0.15, 0.2) is 0 Å². The van der Waals surface area contributed by atoms with Gasteiger partial charge in [0.05, 0.1) is 0 Å². The molecule has 1 atom stereocenters. The van der Waals surface area contributed by atoms with Crippen LogP contribution >= 0.6 is 0 Å². The minimum Gasteiger partial charge on any atom is -0.316 e. The molecule has 0 aromatic carbocycles. The second kappa shape index (κ2) is 7.22. The number of rotatable bonds is 6. The van der Waals surface area contributed by atoms with Crippen molar-refractivity contribution in [1.82, 2.24) is 5.32 Å². The predicted molar refractivity (Wildman–Crippen MR) is 46.7 cm³/mol. The highest BCUT2D eigenvalue weighted by molar-refractivity contribution is 7.84. The van der Waals surface area contributed by atoms with Crippen molar-refractivity contribution in [3.8, 4) is 0 Å². The molecule has 1 unspecified atom stereocenters. The lowest BCUT2D eigenvalue weighted by atomic mass is 10.6. The zero-order chi connectivity index (χ0) is 7.82. The van der Waals surface area contributed by atoms with Crippen LogP contribution in [-0.2, 0) is 10.8 Å². The van der Waals surface area contributed by atoms with Gasteiger partial charge in [-0.25, -0.2) is 0 Å². The smallest absolute Gasteiger partial charge is 0.0360 e. The molecule has 0 aliphatic rings. The summed E-state index contributed by atoms with van der Waals surface area (Å²) >= 11 is 0. The Labute approximate surface area is 65.9 Å². The molecule has 0 heterocycles. The van der Waals surface area contributed by atoms with Gasteiger partial charge in [0.25, 0.3) is 0 Å². The third-order valence-corrected chi connectivity index (χ3v) is 2.71. The first-order chi connectivity index (χ1) is 4.81. The third kappa shape index (κ3) is 6.23. The van der Waals surface area contributed by atoms with Crippen molar-refractivity contribution >= 4 is 10.8 Å². The Morgan fingerprint density at radius 3 is 2.50 bits per heavy atom. The lowest BCUT2D eigenvalue weighted by Gasteiger charge is -1.99. The molecule has 3 heteroatoms. The summed E-state index contributed by atoms with van der Waals surface area (Å²) in [6, 6.07) is 0. The Bertz CT molecular complexity index is 95.6. The van der Waals surface area contributed by atoms with E-state index >= 15 is 0 Å². The Morgan fingerprint density at radius 2 is 2.00 bits per heavy atom. The molecule has 0 saturated carbocycles. The van der Waals surface area contributed by atoms with Crippen LogP contribution in [0.25, 0.3) is 0 Å². The molecule has 10 heavy (non-hydrogen) atoms. The fourth-order valence-electron chi connectivity index (χ4n) is 0.693. The summed E-state index contributed by atoms with van der Waals surface area (Å²) in [5.74, 6) is 1.66. The van der Waals surface area contributed by atoms with Crippen molar-refractivity contribution in [3.63, 3.8) is 0 Å². The van der Waals surface area contributed by atoms with Crippen molar-refractivity contribution < 1.29 is 4.21 Å². The number of nitrogens with one attached hydrogen (secondary N) is 1. The van der Waals surface area contributed by atoms with Gasteiger partial charge in [0.2, 0.25) is 0 Å². The second-order valence-corrected chi connectivity index (χ2v) is 3.90. The minimum atomic E-state index is -0.584. The number of hydrogen-bond acceptors (Lipinski definition) is 2. The maximum atomic E-state index is 11.0. The molecule has 0 aliphatic carbocycles. The molecule has 0 radical (unpaired) electrons. The van der Waals surface area contributed by atoms with Crippen molar-refractivity contribution in [2.24, 2.45) is 0 Å². The van der Waals surface area contributed by atoms with Gasteiger partial charge in [-0.05, 0) is 13.0 Å². The van der Waals surface area contributed by atoms with E-state index in [-0.39, 0.29) is 0 Å². The molecule has 0 spiro atoms. The predicted octanol–water partition coefficient (Wildman–Crippen LogP) is 0.755. The summed E-state index contributed by atoms with van der Waals surface area (Å²) in [6.07, 6.45) is 1.03. The quantitative estimate of drug-likeness (QED) is 0.586. The Morgan fingerprint density at radius 1 is 1.30 bits per heavy atom. The third-order valence-electron chi connectivity index (χ3n) is 1.19. The van der Waals surface area contributed by atoms with E-state index in [0.29, 0.717) is 0 Å². The number of hydrogen-bond donors (Lipinski definition) is 1. The van der Waals surface area contributed by atoms with Crippen LogP contribution < -0.4 is 5.32 Å². The lowest BCUT2D eigenvalue weighted by molar-refractivity contribution is 0.675. The fourth-order valence-corrected chi connectivity index (χ4v) is 1.72. The van der Waals surface area contributed by atoms with Crippen molar-refractivity contribution in [2.45, 2.75) is 20.3 Å². The van der Waals surface area contributed by atoms with Gasteiger partial charge < -0.3 is 5.32 Å². The van der Waals surface area contributed by atoms with E-state index < -0.39 is 10.8 Å². The summed E-state index contributed by atoms with van der Waals surface area (Å²) in [4.78, 5) is 0. The first kappa shape index (κ1) is 10.1. The highest BCUT2D eigenvalue weighted by Crippen LogP contribution is 1.84. The van der Waals surface area contributed by atoms with E-state index in [4.69, 9.17) is 0 Å². The summed E-state index contributed by atoms with van der Waals surface area (Å²) in [5.41, 5.74) is 0. The zero-order valence-electron chi connectivity index (χ0n) is 6.85. The molecular formula is C7H17NOS. The fraction of sp³-hybridized carbons (Fsp3) is 1.00. The monoisotopic (exact) mass is 163 g/mol. The molecule has 62 valence electrons. The molecule has 0 bridgehead atoms. The van der Waals surface area contributed by atoms with Gasteiger partial charge in [-0.3, -0.25) is 4.21 Å². The molecule has 0 aromatic heterocycles. The Balaban J connectivity index is 3.05. The summed E-state index contributed by atoms with van der Waals surface area (Å²) in [5, 5.41) is 3.14. The minimum absolute atomic E-state index is 0.584. The molecule has 0 rings (SSSR count). The molecule has 0 saturated heterocycles. The average Bonchev–Trinajstić information content (AvgIpc) is 1.89. The first-order valence-corrected chi connectivity index (χ1v) is 5.35. The average molecular weight is 163 g/mol. The normalized spacial score (nSPS) is 13.4. The van der Waals surface area contributed by atoms with Gasteiger partial charge in [0.1, 0.15) is 0 Å². The summed E-state index contributed by atoms with van der Waals surface area (Å²) < 4.78 is 11.0. The van der Waals surface area contributed by atoms with Gasteiger partial charge in [0, 0.05) is 28.9 Å². The van der Waals surface area contributed by atoms with E-state index in [1.807, 2.05) is 0 Å². The van der Waals surface area contributed by atoms with Crippen LogP contribution in [0.15, 0.2) is 0 Å². The van der Waals surface area contributed by atoms with E-state index in [1.54, 1.807) is 0 Å². The van der Waals surface area contributed by atoms with Crippen molar-refractivity contribution in [3.05, 3.63) is 0 Å². The Kier molecular flexibility index (Phi) is 7.30. The molecule has 0 aliphatic heterocycles. The van der Waals surface area contributed by atoms with Crippen LogP contribution in [0.2, 0.25) is 0 Å². The van der Waals surface area contributed by atoms with Gasteiger partial charge in [-0.2, -0.15) is 0 Å². The molecule has 0 fully saturated rings. The maximum Gasteiger partial charge on any atom is 0.0360 e. The summed E-state index contributed by atoms with van der Waals surface area (Å²) in [6.45, 7) is 5.99. The van der Waals surface area contributed by atoms with Crippen LogP contribution in [0, 0.1) is 0 Å². The van der Waals surface area contributed by atoms with Crippen LogP contribution in [-0.4, -0.2) is 28.8 Å². The van der Waals surface area contributed by atoms with Gasteiger partial charge in [-0.1, -0.05) is 13.8 Å². The standard InChI is InChI=1S/C7H17NOS/c1-3-6-10(9)7-5-8-4-2/h8H,3-7H2,1-2H3. The van der Waals surface area contributed by atoms with Gasteiger partial charge >= 0.3 is 0 Å². The van der Waals surface area contributed by atoms with Crippen LogP contribution in [0.5, 0.6) is 0 Å². The largest absolute Gasteiger partial charge is 0.316 e. The second-order valence-electron chi connectivity index (χ2n) is 2.20. The van der Waals surface area contributed by atoms with Crippen LogP contribution in [0.3, 0.4) is 0 Å². The highest BCUT2D eigenvalue weighted by Gasteiger charge is 1.94. The van der Waals surface area contributed by atoms with Crippen LogP contribution in [0.4, 0.5) is 0 Å². The van der Waals surface area contributed by atoms with E-state index in [0.717, 1.165) is 31.0 Å². The van der Waals surface area contributed by atoms with Crippen molar-refractivity contribution in [2.75, 3.05) is 24.6 Å². The topological polar surface area (TPSA) is 29.1 Å². The molecule has 2 nitrogen and oxygen atoms in total. The molecule has 1 N–H and O–H groups in total. The molecular weight excluding hydrogens is 146 g/mol. The maximum absolute atomic E-state index is 11.0. The van der Waals surface area contributed by atoms with Crippen molar-refractivity contribution in [1.29, 1.82) is 0 Å². The highest BCUT2D eigenvalue weighted by atomic mass is 32.2. The van der Waals surface area contributed by atoms with E-state index in [9.17, 15) is 4.21 Å². The lowest BCUT2D eigenvalue weighted by Crippen LogP contribution is -2.20. The first-order valence-electron chi connectivity index (χ1n) is 3.87. The summed E-state index contributed by atoms with van der Waals surface area (Å²) in [7, 11) is -0.584. The van der Waals surface area contributed by atoms with E-state index in [1.165, 1.54) is 0 Å². The van der Waals surface area contributed by atoms with Gasteiger partial charge in [-0.15, -0.1) is 0 Å². The SMILES string of the molecule is CCCS(=O)CCNCC. The molecule has 0 amide bonds. The zero-order valence-corrected chi connectivity index (χ0v) is 7.67. The van der Waals surface area contributed by atoms with Crippen LogP contribution in [0.1, 0.15) is 20.3 Å². The Hall–Kier alpha value is 0.110. The van der Waals surface area contributed by atoms with E-state index in [2.05, 4.69) is 19.2 Å².